The smallest absolute Gasteiger partial charge is 0.404 e. The molecule has 1 saturated carbocycles. The zero-order valence-corrected chi connectivity index (χ0v) is 14.1. The summed E-state index contributed by atoms with van der Waals surface area (Å²) in [5.74, 6) is 7.82. The minimum atomic E-state index is -0.707. The van der Waals surface area contributed by atoms with E-state index in [1.165, 1.54) is 0 Å². The number of ether oxygens (including phenoxy) is 1. The van der Waals surface area contributed by atoms with E-state index in [0.29, 0.717) is 30.8 Å². The van der Waals surface area contributed by atoms with E-state index in [0.717, 1.165) is 37.1 Å². The fourth-order valence-electron chi connectivity index (χ4n) is 3.77. The lowest BCUT2D eigenvalue weighted by Gasteiger charge is -2.39. The van der Waals surface area contributed by atoms with Crippen molar-refractivity contribution in [2.45, 2.75) is 51.5 Å². The van der Waals surface area contributed by atoms with E-state index in [4.69, 9.17) is 22.0 Å². The van der Waals surface area contributed by atoms with Crippen LogP contribution in [-0.4, -0.2) is 35.0 Å². The van der Waals surface area contributed by atoms with Crippen LogP contribution in [0.3, 0.4) is 0 Å². The van der Waals surface area contributed by atoms with Gasteiger partial charge in [-0.2, -0.15) is 0 Å². The molecule has 0 aromatic rings. The summed E-state index contributed by atoms with van der Waals surface area (Å²) in [6.45, 7) is 4.50. The number of allylic oxidation sites excluding steroid dienone is 2. The van der Waals surface area contributed by atoms with Gasteiger partial charge in [0.05, 0.1) is 12.1 Å². The molecule has 0 spiro atoms. The highest BCUT2D eigenvalue weighted by Gasteiger charge is 2.50. The van der Waals surface area contributed by atoms with E-state index < -0.39 is 6.09 Å². The second kappa shape index (κ2) is 6.97. The molecule has 0 aliphatic heterocycles. The van der Waals surface area contributed by atoms with Crippen LogP contribution in [0.5, 0.6) is 0 Å². The standard InChI is InChI=1S/C16H30N4O3/c1-16(2,7-8-21)20(19)14-6-4-11-10(3-5-13(14)17)12(11)9-23-15(18)22/h10-12,21H,3-9,17,19H2,1-2H3,(H2,18,22)/b14-13-. The molecule has 23 heavy (non-hydrogen) atoms. The normalized spacial score (nSPS) is 30.9. The summed E-state index contributed by atoms with van der Waals surface area (Å²) < 4.78 is 4.96. The molecule has 7 N–H and O–H groups in total. The second-order valence-electron chi connectivity index (χ2n) is 7.33. The molecule has 7 heteroatoms. The molecule has 132 valence electrons. The van der Waals surface area contributed by atoms with Crippen molar-refractivity contribution in [1.82, 2.24) is 5.01 Å². The Labute approximate surface area is 137 Å². The van der Waals surface area contributed by atoms with Gasteiger partial charge in [-0.3, -0.25) is 0 Å². The van der Waals surface area contributed by atoms with E-state index in [2.05, 4.69) is 0 Å². The van der Waals surface area contributed by atoms with Crippen molar-refractivity contribution in [3.05, 3.63) is 11.4 Å². The van der Waals surface area contributed by atoms with Crippen molar-refractivity contribution in [3.63, 3.8) is 0 Å². The van der Waals surface area contributed by atoms with Gasteiger partial charge in [-0.1, -0.05) is 0 Å². The summed E-state index contributed by atoms with van der Waals surface area (Å²) in [7, 11) is 0. The maximum Gasteiger partial charge on any atom is 0.404 e. The number of primary amides is 1. The van der Waals surface area contributed by atoms with E-state index in [1.54, 1.807) is 5.01 Å². The first-order valence-electron chi connectivity index (χ1n) is 8.33. The third kappa shape index (κ3) is 4.09. The molecule has 2 aliphatic carbocycles. The van der Waals surface area contributed by atoms with Crippen molar-refractivity contribution in [2.75, 3.05) is 13.2 Å². The molecule has 3 unspecified atom stereocenters. The molecule has 2 rings (SSSR count). The van der Waals surface area contributed by atoms with Crippen molar-refractivity contribution in [3.8, 4) is 0 Å². The average molecular weight is 326 g/mol. The lowest BCUT2D eigenvalue weighted by Crippen LogP contribution is -2.49. The van der Waals surface area contributed by atoms with Gasteiger partial charge in [0.25, 0.3) is 0 Å². The van der Waals surface area contributed by atoms with Gasteiger partial charge in [0.2, 0.25) is 0 Å². The van der Waals surface area contributed by atoms with Crippen LogP contribution in [0.15, 0.2) is 11.4 Å². The molecule has 0 heterocycles. The van der Waals surface area contributed by atoms with Gasteiger partial charge in [0.1, 0.15) is 0 Å². The lowest BCUT2D eigenvalue weighted by molar-refractivity contribution is 0.117. The monoisotopic (exact) mass is 326 g/mol. The Morgan fingerprint density at radius 3 is 2.52 bits per heavy atom. The van der Waals surface area contributed by atoms with Crippen LogP contribution in [0.25, 0.3) is 0 Å². The molecule has 1 fully saturated rings. The number of nitrogens with zero attached hydrogens (tertiary/aromatic N) is 1. The summed E-state index contributed by atoms with van der Waals surface area (Å²) in [5.41, 5.74) is 12.8. The number of hydrazine groups is 1. The Hall–Kier alpha value is -1.47. The van der Waals surface area contributed by atoms with Crippen molar-refractivity contribution in [2.24, 2.45) is 35.1 Å². The van der Waals surface area contributed by atoms with Crippen LogP contribution in [-0.2, 0) is 4.74 Å². The molecule has 0 saturated heterocycles. The number of rotatable bonds is 6. The summed E-state index contributed by atoms with van der Waals surface area (Å²) in [4.78, 5) is 10.8. The molecule has 0 radical (unpaired) electrons. The molecule has 7 nitrogen and oxygen atoms in total. The van der Waals surface area contributed by atoms with E-state index in [9.17, 15) is 9.90 Å². The highest BCUT2D eigenvalue weighted by Crippen LogP contribution is 2.54. The predicted molar refractivity (Wildman–Crippen MR) is 87.5 cm³/mol. The topological polar surface area (TPSA) is 128 Å². The summed E-state index contributed by atoms with van der Waals surface area (Å²) in [5, 5.41) is 11.0. The molecule has 1 amide bonds. The molecule has 0 aromatic heterocycles. The van der Waals surface area contributed by atoms with Gasteiger partial charge in [0, 0.05) is 18.0 Å². The number of aliphatic hydroxyl groups excluding tert-OH is 1. The molecular formula is C16H30N4O3. The molecule has 3 atom stereocenters. The highest BCUT2D eigenvalue weighted by molar-refractivity contribution is 5.64. The molecule has 2 aliphatic rings. The average Bonchev–Trinajstić information content (AvgIpc) is 3.11. The zero-order valence-electron chi connectivity index (χ0n) is 14.1. The van der Waals surface area contributed by atoms with Crippen LogP contribution in [0.1, 0.15) is 46.0 Å². The van der Waals surface area contributed by atoms with Gasteiger partial charge in [-0.15, -0.1) is 0 Å². The van der Waals surface area contributed by atoms with E-state index in [1.807, 2.05) is 13.8 Å². The lowest BCUT2D eigenvalue weighted by atomic mass is 9.95. The Kier molecular flexibility index (Phi) is 5.41. The van der Waals surface area contributed by atoms with Crippen LogP contribution < -0.4 is 17.3 Å². The number of hydrogen-bond acceptors (Lipinski definition) is 6. The zero-order chi connectivity index (χ0) is 17.2. The number of fused-ring (bicyclic) bond motifs is 1. The van der Waals surface area contributed by atoms with Gasteiger partial charge in [0.15, 0.2) is 0 Å². The van der Waals surface area contributed by atoms with Gasteiger partial charge < -0.3 is 26.3 Å². The van der Waals surface area contributed by atoms with Crippen LogP contribution in [0.2, 0.25) is 0 Å². The van der Waals surface area contributed by atoms with Gasteiger partial charge in [-0.05, 0) is 63.7 Å². The molecular weight excluding hydrogens is 296 g/mol. The maximum absolute atomic E-state index is 10.8. The first kappa shape index (κ1) is 17.9. The fraction of sp³-hybridized carbons (Fsp3) is 0.812. The Morgan fingerprint density at radius 2 is 1.96 bits per heavy atom. The largest absolute Gasteiger partial charge is 0.449 e. The second-order valence-corrected chi connectivity index (χ2v) is 7.33. The summed E-state index contributed by atoms with van der Waals surface area (Å²) in [6, 6.07) is 0. The Balaban J connectivity index is 1.99. The quantitative estimate of drug-likeness (QED) is 0.426. The third-order valence-electron chi connectivity index (χ3n) is 5.43. The SMILES string of the molecule is CC(C)(CCO)N(N)/C1=C(\N)CCC2C(CC1)C2COC(N)=O. The number of nitrogens with two attached hydrogens (primary N) is 3. The number of aliphatic hydroxyl groups is 1. The van der Waals surface area contributed by atoms with Gasteiger partial charge in [-0.25, -0.2) is 10.6 Å². The summed E-state index contributed by atoms with van der Waals surface area (Å²) >= 11 is 0. The summed E-state index contributed by atoms with van der Waals surface area (Å²) in [6.07, 6.45) is 3.46. The van der Waals surface area contributed by atoms with Crippen LogP contribution in [0.4, 0.5) is 4.79 Å². The number of carbonyl (C=O) groups is 1. The van der Waals surface area contributed by atoms with Crippen LogP contribution in [0, 0.1) is 17.8 Å². The number of hydrogen-bond donors (Lipinski definition) is 4. The van der Waals surface area contributed by atoms with Crippen molar-refractivity contribution < 1.29 is 14.6 Å². The fourth-order valence-corrected chi connectivity index (χ4v) is 3.77. The highest BCUT2D eigenvalue weighted by atomic mass is 16.5. The maximum atomic E-state index is 10.8. The van der Waals surface area contributed by atoms with Crippen LogP contribution >= 0.6 is 0 Å². The first-order chi connectivity index (χ1) is 10.8. The predicted octanol–water partition coefficient (Wildman–Crippen LogP) is 1.02. The molecule has 0 aromatic carbocycles. The first-order valence-corrected chi connectivity index (χ1v) is 8.33. The van der Waals surface area contributed by atoms with E-state index >= 15 is 0 Å². The van der Waals surface area contributed by atoms with Crippen molar-refractivity contribution in [1.29, 1.82) is 0 Å². The van der Waals surface area contributed by atoms with E-state index in [-0.39, 0.29) is 12.1 Å². The van der Waals surface area contributed by atoms with Crippen molar-refractivity contribution >= 4 is 6.09 Å². The number of amides is 1. The number of carbonyl (C=O) groups excluding carboxylic acids is 1. The Morgan fingerprint density at radius 1 is 1.35 bits per heavy atom. The van der Waals surface area contributed by atoms with Gasteiger partial charge >= 0.3 is 6.09 Å². The third-order valence-corrected chi connectivity index (χ3v) is 5.43. The Bertz CT molecular complexity index is 478. The minimum Gasteiger partial charge on any atom is -0.449 e. The minimum absolute atomic E-state index is 0.0884. The molecule has 0 bridgehead atoms.